The molecular formula is C18H22N2O4. The number of ether oxygens (including phenoxy) is 1. The number of hydrogen-bond acceptors (Lipinski definition) is 3. The summed E-state index contributed by atoms with van der Waals surface area (Å²) in [4.78, 5) is 23.2. The van der Waals surface area contributed by atoms with Crippen molar-refractivity contribution in [3.05, 3.63) is 47.3 Å². The van der Waals surface area contributed by atoms with Crippen LogP contribution >= 0.6 is 0 Å². The molecule has 1 heterocycles. The van der Waals surface area contributed by atoms with Crippen molar-refractivity contribution in [3.63, 3.8) is 0 Å². The van der Waals surface area contributed by atoms with Gasteiger partial charge < -0.3 is 19.7 Å². The topological polar surface area (TPSA) is 80.6 Å². The van der Waals surface area contributed by atoms with E-state index in [4.69, 9.17) is 9.84 Å². The van der Waals surface area contributed by atoms with E-state index in [1.807, 2.05) is 42.7 Å². The summed E-state index contributed by atoms with van der Waals surface area (Å²) in [5.74, 6) is -1.06. The van der Waals surface area contributed by atoms with E-state index < -0.39 is 11.9 Å². The number of carbonyl (C=O) groups excluding carboxylic acids is 1. The first kappa shape index (κ1) is 17.6. The van der Waals surface area contributed by atoms with Crippen LogP contribution in [-0.4, -0.2) is 35.2 Å². The number of amides is 1. The predicted molar refractivity (Wildman–Crippen MR) is 90.9 cm³/mol. The summed E-state index contributed by atoms with van der Waals surface area (Å²) >= 11 is 0. The molecule has 2 aromatic rings. The smallest absolute Gasteiger partial charge is 0.308 e. The van der Waals surface area contributed by atoms with Crippen molar-refractivity contribution in [2.24, 2.45) is 5.92 Å². The zero-order valence-corrected chi connectivity index (χ0v) is 14.3. The Morgan fingerprint density at radius 3 is 2.42 bits per heavy atom. The van der Waals surface area contributed by atoms with E-state index in [0.717, 1.165) is 22.8 Å². The summed E-state index contributed by atoms with van der Waals surface area (Å²) in [5.41, 5.74) is 3.21. The van der Waals surface area contributed by atoms with Crippen molar-refractivity contribution in [1.82, 2.24) is 9.88 Å². The average Bonchev–Trinajstić information content (AvgIpc) is 2.87. The molecule has 0 fully saturated rings. The second-order valence-electron chi connectivity index (χ2n) is 5.77. The maximum absolute atomic E-state index is 12.4. The summed E-state index contributed by atoms with van der Waals surface area (Å²) in [5, 5.41) is 11.6. The third-order valence-electron chi connectivity index (χ3n) is 4.00. The summed E-state index contributed by atoms with van der Waals surface area (Å²) in [6, 6.07) is 9.38. The Hall–Kier alpha value is -2.76. The van der Waals surface area contributed by atoms with Gasteiger partial charge in [0.25, 0.3) is 5.91 Å². The molecule has 1 amide bonds. The van der Waals surface area contributed by atoms with Gasteiger partial charge in [0, 0.05) is 23.6 Å². The van der Waals surface area contributed by atoms with Crippen LogP contribution in [0.5, 0.6) is 5.75 Å². The predicted octanol–water partition coefficient (Wildman–Crippen LogP) is 2.55. The van der Waals surface area contributed by atoms with Gasteiger partial charge in [-0.3, -0.25) is 9.59 Å². The lowest BCUT2D eigenvalue weighted by atomic mass is 10.1. The van der Waals surface area contributed by atoms with Crippen LogP contribution in [-0.2, 0) is 4.79 Å². The van der Waals surface area contributed by atoms with Gasteiger partial charge in [0.15, 0.2) is 0 Å². The van der Waals surface area contributed by atoms with Crippen LogP contribution < -0.4 is 10.1 Å². The largest absolute Gasteiger partial charge is 0.497 e. The Kier molecular flexibility index (Phi) is 5.28. The quantitative estimate of drug-likeness (QED) is 0.853. The first-order valence-electron chi connectivity index (χ1n) is 7.69. The minimum atomic E-state index is -0.931. The molecule has 2 N–H and O–H groups in total. The number of rotatable bonds is 6. The minimum Gasteiger partial charge on any atom is -0.497 e. The Morgan fingerprint density at radius 2 is 1.88 bits per heavy atom. The Morgan fingerprint density at radius 1 is 1.25 bits per heavy atom. The fraction of sp³-hybridized carbons (Fsp3) is 0.333. The van der Waals surface area contributed by atoms with E-state index in [1.54, 1.807) is 20.1 Å². The van der Waals surface area contributed by atoms with Gasteiger partial charge in [0.05, 0.1) is 18.6 Å². The van der Waals surface area contributed by atoms with E-state index in [9.17, 15) is 9.59 Å². The van der Waals surface area contributed by atoms with Gasteiger partial charge in [-0.15, -0.1) is 0 Å². The van der Waals surface area contributed by atoms with Crippen molar-refractivity contribution in [2.45, 2.75) is 20.8 Å². The number of carbonyl (C=O) groups is 2. The van der Waals surface area contributed by atoms with Crippen LogP contribution in [0.25, 0.3) is 5.69 Å². The molecule has 1 aromatic heterocycles. The number of hydrogen-bond donors (Lipinski definition) is 2. The molecule has 0 spiro atoms. The van der Waals surface area contributed by atoms with E-state index in [2.05, 4.69) is 5.32 Å². The molecule has 0 saturated carbocycles. The number of benzene rings is 1. The van der Waals surface area contributed by atoms with Gasteiger partial charge in [-0.2, -0.15) is 0 Å². The van der Waals surface area contributed by atoms with Crippen molar-refractivity contribution < 1.29 is 19.4 Å². The van der Waals surface area contributed by atoms with Gasteiger partial charge in [-0.05, 0) is 44.2 Å². The molecule has 0 bridgehead atoms. The third-order valence-corrected chi connectivity index (χ3v) is 4.00. The molecule has 0 aliphatic heterocycles. The monoisotopic (exact) mass is 330 g/mol. The van der Waals surface area contributed by atoms with Gasteiger partial charge in [-0.1, -0.05) is 6.92 Å². The Labute approximate surface area is 141 Å². The number of aliphatic carboxylic acids is 1. The lowest BCUT2D eigenvalue weighted by molar-refractivity contribution is -0.140. The SMILES string of the molecule is COc1ccc(-n2c(C)cc(C(=O)NCC(C)C(=O)O)c2C)cc1. The van der Waals surface area contributed by atoms with Crippen molar-refractivity contribution in [3.8, 4) is 11.4 Å². The van der Waals surface area contributed by atoms with Gasteiger partial charge in [0.1, 0.15) is 5.75 Å². The second-order valence-corrected chi connectivity index (χ2v) is 5.77. The number of nitrogens with one attached hydrogen (secondary N) is 1. The van der Waals surface area contributed by atoms with Crippen LogP contribution in [0.15, 0.2) is 30.3 Å². The second kappa shape index (κ2) is 7.21. The van der Waals surface area contributed by atoms with E-state index >= 15 is 0 Å². The average molecular weight is 330 g/mol. The van der Waals surface area contributed by atoms with Crippen LogP contribution in [0.4, 0.5) is 0 Å². The van der Waals surface area contributed by atoms with Crippen LogP contribution in [0.2, 0.25) is 0 Å². The Bertz CT molecular complexity index is 747. The van der Waals surface area contributed by atoms with Gasteiger partial charge in [-0.25, -0.2) is 0 Å². The van der Waals surface area contributed by atoms with E-state index in [-0.39, 0.29) is 12.5 Å². The molecule has 0 aliphatic rings. The molecule has 0 aliphatic carbocycles. The normalized spacial score (nSPS) is 11.8. The first-order chi connectivity index (χ1) is 11.3. The maximum atomic E-state index is 12.4. The molecular weight excluding hydrogens is 308 g/mol. The number of aromatic nitrogens is 1. The van der Waals surface area contributed by atoms with E-state index in [0.29, 0.717) is 5.56 Å². The van der Waals surface area contributed by atoms with Crippen LogP contribution in [0.3, 0.4) is 0 Å². The molecule has 1 aromatic carbocycles. The molecule has 0 radical (unpaired) electrons. The van der Waals surface area contributed by atoms with Gasteiger partial charge >= 0.3 is 5.97 Å². The molecule has 1 unspecified atom stereocenters. The highest BCUT2D eigenvalue weighted by Crippen LogP contribution is 2.22. The molecule has 24 heavy (non-hydrogen) atoms. The molecule has 128 valence electrons. The van der Waals surface area contributed by atoms with Crippen LogP contribution in [0, 0.1) is 19.8 Å². The summed E-state index contributed by atoms with van der Waals surface area (Å²) in [6.07, 6.45) is 0. The summed E-state index contributed by atoms with van der Waals surface area (Å²) < 4.78 is 7.14. The fourth-order valence-corrected chi connectivity index (χ4v) is 2.55. The maximum Gasteiger partial charge on any atom is 0.308 e. The van der Waals surface area contributed by atoms with E-state index in [1.165, 1.54) is 0 Å². The molecule has 6 heteroatoms. The summed E-state index contributed by atoms with van der Waals surface area (Å²) in [6.45, 7) is 5.45. The first-order valence-corrected chi connectivity index (χ1v) is 7.69. The zero-order chi connectivity index (χ0) is 17.9. The van der Waals surface area contributed by atoms with Crippen molar-refractivity contribution >= 4 is 11.9 Å². The molecule has 0 saturated heterocycles. The highest BCUT2D eigenvalue weighted by Gasteiger charge is 2.18. The highest BCUT2D eigenvalue weighted by atomic mass is 16.5. The highest BCUT2D eigenvalue weighted by molar-refractivity contribution is 5.96. The van der Waals surface area contributed by atoms with Crippen molar-refractivity contribution in [1.29, 1.82) is 0 Å². The number of methoxy groups -OCH3 is 1. The number of carboxylic acid groups (broad SMARTS) is 1. The lowest BCUT2D eigenvalue weighted by Crippen LogP contribution is -2.31. The molecule has 2 rings (SSSR count). The number of aryl methyl sites for hydroxylation is 1. The summed E-state index contributed by atoms with van der Waals surface area (Å²) in [7, 11) is 1.61. The number of carboxylic acids is 1. The fourth-order valence-electron chi connectivity index (χ4n) is 2.55. The third kappa shape index (κ3) is 3.59. The lowest BCUT2D eigenvalue weighted by Gasteiger charge is -2.11. The minimum absolute atomic E-state index is 0.0976. The van der Waals surface area contributed by atoms with Gasteiger partial charge in [0.2, 0.25) is 0 Å². The molecule has 6 nitrogen and oxygen atoms in total. The van der Waals surface area contributed by atoms with Crippen molar-refractivity contribution in [2.75, 3.05) is 13.7 Å². The standard InChI is InChI=1S/C18H22N2O4/c1-11(18(22)23)10-19-17(21)16-9-12(2)20(13(16)3)14-5-7-15(24-4)8-6-14/h5-9,11H,10H2,1-4H3,(H,19,21)(H,22,23). The number of nitrogens with zero attached hydrogens (tertiary/aromatic N) is 1. The Balaban J connectivity index is 2.24. The zero-order valence-electron chi connectivity index (χ0n) is 14.3. The molecule has 1 atom stereocenters. The van der Waals surface area contributed by atoms with Crippen LogP contribution in [0.1, 0.15) is 28.7 Å².